The summed E-state index contributed by atoms with van der Waals surface area (Å²) in [5.74, 6) is -0.144. The van der Waals surface area contributed by atoms with E-state index in [1.807, 2.05) is 0 Å². The van der Waals surface area contributed by atoms with Gasteiger partial charge in [0.15, 0.2) is 0 Å². The first-order valence-electron chi connectivity index (χ1n) is 6.84. The molecule has 5 nitrogen and oxygen atoms in total. The Hall–Kier alpha value is -2.04. The Labute approximate surface area is 119 Å². The number of carbonyl (C=O) groups excluding carboxylic acids is 2. The van der Waals surface area contributed by atoms with Gasteiger partial charge in [0.05, 0.1) is 13.2 Å². The number of ether oxygens (including phenoxy) is 2. The van der Waals surface area contributed by atoms with E-state index in [1.165, 1.54) is 0 Å². The van der Waals surface area contributed by atoms with E-state index in [0.29, 0.717) is 12.3 Å². The number of unbranched alkanes of at least 4 members (excludes halogenated alkanes) is 1. The molecule has 0 atom stereocenters. The largest absolute Gasteiger partial charge is 0.494 e. The van der Waals surface area contributed by atoms with E-state index in [1.54, 1.807) is 31.2 Å². The van der Waals surface area contributed by atoms with E-state index in [4.69, 9.17) is 9.47 Å². The van der Waals surface area contributed by atoms with Crippen LogP contribution in [0.1, 0.15) is 33.1 Å². The summed E-state index contributed by atoms with van der Waals surface area (Å²) in [5, 5.41) is 2.63. The third-order valence-corrected chi connectivity index (χ3v) is 2.51. The van der Waals surface area contributed by atoms with Crippen LogP contribution in [0, 0.1) is 0 Å². The van der Waals surface area contributed by atoms with Gasteiger partial charge in [-0.05, 0) is 37.6 Å². The van der Waals surface area contributed by atoms with Crippen molar-refractivity contribution in [3.8, 4) is 5.75 Å². The molecule has 1 amide bonds. The highest BCUT2D eigenvalue weighted by molar-refractivity contribution is 6.01. The van der Waals surface area contributed by atoms with Gasteiger partial charge in [-0.25, -0.2) is 0 Å². The quantitative estimate of drug-likeness (QED) is 0.451. The van der Waals surface area contributed by atoms with Gasteiger partial charge in [0, 0.05) is 5.69 Å². The summed E-state index contributed by atoms with van der Waals surface area (Å²) < 4.78 is 10.2. The predicted molar refractivity (Wildman–Crippen MR) is 76.7 cm³/mol. The molecule has 1 rings (SSSR count). The van der Waals surface area contributed by atoms with Gasteiger partial charge in [0.1, 0.15) is 12.2 Å². The Kier molecular flexibility index (Phi) is 7.17. The molecule has 0 spiro atoms. The number of carbonyl (C=O) groups is 2. The van der Waals surface area contributed by atoms with Crippen molar-refractivity contribution in [1.82, 2.24) is 0 Å². The average molecular weight is 279 g/mol. The van der Waals surface area contributed by atoms with Crippen molar-refractivity contribution >= 4 is 17.6 Å². The molecule has 0 unspecified atom stereocenters. The molecule has 20 heavy (non-hydrogen) atoms. The number of hydrogen-bond acceptors (Lipinski definition) is 4. The molecule has 0 fully saturated rings. The zero-order valence-corrected chi connectivity index (χ0v) is 12.0. The lowest BCUT2D eigenvalue weighted by Gasteiger charge is -2.08. The number of benzene rings is 1. The summed E-state index contributed by atoms with van der Waals surface area (Å²) in [7, 11) is 0. The molecule has 0 radical (unpaired) electrons. The Morgan fingerprint density at radius 1 is 1.15 bits per heavy atom. The lowest BCUT2D eigenvalue weighted by molar-refractivity contribution is -0.145. The summed E-state index contributed by atoms with van der Waals surface area (Å²) in [5.41, 5.74) is 0.627. The highest BCUT2D eigenvalue weighted by Crippen LogP contribution is 2.16. The van der Waals surface area contributed by atoms with Crippen LogP contribution < -0.4 is 10.1 Å². The first kappa shape index (κ1) is 16.0. The van der Waals surface area contributed by atoms with E-state index in [9.17, 15) is 9.59 Å². The fraction of sp³-hybridized carbons (Fsp3) is 0.467. The number of esters is 1. The van der Waals surface area contributed by atoms with Gasteiger partial charge < -0.3 is 14.8 Å². The maximum Gasteiger partial charge on any atom is 0.315 e. The number of hydrogen-bond donors (Lipinski definition) is 1. The number of nitrogens with one attached hydrogen (secondary N) is 1. The smallest absolute Gasteiger partial charge is 0.315 e. The molecule has 0 saturated carbocycles. The highest BCUT2D eigenvalue weighted by Gasteiger charge is 2.10. The first-order valence-corrected chi connectivity index (χ1v) is 6.84. The molecule has 1 N–H and O–H groups in total. The molecule has 0 heterocycles. The van der Waals surface area contributed by atoms with E-state index >= 15 is 0 Å². The zero-order valence-electron chi connectivity index (χ0n) is 12.0. The van der Waals surface area contributed by atoms with Gasteiger partial charge in [-0.1, -0.05) is 13.3 Å². The van der Waals surface area contributed by atoms with Crippen molar-refractivity contribution in [2.45, 2.75) is 33.1 Å². The average Bonchev–Trinajstić information content (AvgIpc) is 2.41. The van der Waals surface area contributed by atoms with Crippen LogP contribution in [0.4, 0.5) is 5.69 Å². The standard InChI is InChI=1S/C15H21NO4/c1-3-5-10-20-13-8-6-12(7-9-13)16-14(17)11-15(18)19-4-2/h6-9H,3-5,10-11H2,1-2H3,(H,16,17). The van der Waals surface area contributed by atoms with E-state index < -0.39 is 5.97 Å². The molecular weight excluding hydrogens is 258 g/mol. The topological polar surface area (TPSA) is 64.6 Å². The normalized spacial score (nSPS) is 9.90. The molecular formula is C15H21NO4. The van der Waals surface area contributed by atoms with Crippen molar-refractivity contribution in [3.05, 3.63) is 24.3 Å². The molecule has 0 aliphatic heterocycles. The lowest BCUT2D eigenvalue weighted by atomic mass is 10.3. The van der Waals surface area contributed by atoms with Crippen LogP contribution in [0.2, 0.25) is 0 Å². The Morgan fingerprint density at radius 3 is 2.45 bits per heavy atom. The Bertz CT molecular complexity index is 428. The van der Waals surface area contributed by atoms with Gasteiger partial charge in [0.25, 0.3) is 0 Å². The number of anilines is 1. The van der Waals surface area contributed by atoms with Gasteiger partial charge in [0.2, 0.25) is 5.91 Å². The molecule has 110 valence electrons. The summed E-state index contributed by atoms with van der Waals surface area (Å²) in [6.07, 6.45) is 1.82. The maximum atomic E-state index is 11.6. The van der Waals surface area contributed by atoms with Gasteiger partial charge in [-0.2, -0.15) is 0 Å². The van der Waals surface area contributed by atoms with Crippen LogP contribution in [0.15, 0.2) is 24.3 Å². The summed E-state index contributed by atoms with van der Waals surface area (Å²) >= 11 is 0. The Balaban J connectivity index is 2.40. The second kappa shape index (κ2) is 8.96. The van der Waals surface area contributed by atoms with Gasteiger partial charge >= 0.3 is 5.97 Å². The van der Waals surface area contributed by atoms with Crippen LogP contribution >= 0.6 is 0 Å². The van der Waals surface area contributed by atoms with Crippen LogP contribution in [-0.2, 0) is 14.3 Å². The molecule has 1 aromatic rings. The van der Waals surface area contributed by atoms with Crippen LogP contribution in [-0.4, -0.2) is 25.1 Å². The SMILES string of the molecule is CCCCOc1ccc(NC(=O)CC(=O)OCC)cc1. The van der Waals surface area contributed by atoms with Crippen molar-refractivity contribution < 1.29 is 19.1 Å². The first-order chi connectivity index (χ1) is 9.65. The van der Waals surface area contributed by atoms with Crippen LogP contribution in [0.3, 0.4) is 0 Å². The molecule has 0 aliphatic rings. The number of amides is 1. The molecule has 5 heteroatoms. The minimum absolute atomic E-state index is 0.274. The maximum absolute atomic E-state index is 11.6. The third-order valence-electron chi connectivity index (χ3n) is 2.51. The molecule has 0 saturated heterocycles. The highest BCUT2D eigenvalue weighted by atomic mass is 16.5. The second-order valence-electron chi connectivity index (χ2n) is 4.26. The van der Waals surface area contributed by atoms with Crippen LogP contribution in [0.25, 0.3) is 0 Å². The fourth-order valence-electron chi connectivity index (χ4n) is 1.52. The summed E-state index contributed by atoms with van der Waals surface area (Å²) in [6, 6.07) is 7.06. The van der Waals surface area contributed by atoms with Crippen molar-refractivity contribution in [2.24, 2.45) is 0 Å². The van der Waals surface area contributed by atoms with Gasteiger partial charge in [-0.3, -0.25) is 9.59 Å². The minimum atomic E-state index is -0.524. The second-order valence-corrected chi connectivity index (χ2v) is 4.26. The fourth-order valence-corrected chi connectivity index (χ4v) is 1.52. The molecule has 0 bridgehead atoms. The number of rotatable bonds is 8. The van der Waals surface area contributed by atoms with Crippen LogP contribution in [0.5, 0.6) is 5.75 Å². The zero-order chi connectivity index (χ0) is 14.8. The summed E-state index contributed by atoms with van der Waals surface area (Å²) in [6.45, 7) is 4.76. The monoisotopic (exact) mass is 279 g/mol. The van der Waals surface area contributed by atoms with Crippen molar-refractivity contribution in [3.63, 3.8) is 0 Å². The molecule has 0 aromatic heterocycles. The van der Waals surface area contributed by atoms with Crippen molar-refractivity contribution in [2.75, 3.05) is 18.5 Å². The predicted octanol–water partition coefficient (Wildman–Crippen LogP) is 2.76. The molecule has 1 aromatic carbocycles. The van der Waals surface area contributed by atoms with Crippen molar-refractivity contribution in [1.29, 1.82) is 0 Å². The third kappa shape index (κ3) is 6.22. The minimum Gasteiger partial charge on any atom is -0.494 e. The van der Waals surface area contributed by atoms with E-state index in [2.05, 4.69) is 12.2 Å². The van der Waals surface area contributed by atoms with Gasteiger partial charge in [-0.15, -0.1) is 0 Å². The van der Waals surface area contributed by atoms with E-state index in [0.717, 1.165) is 18.6 Å². The van der Waals surface area contributed by atoms with E-state index in [-0.39, 0.29) is 18.9 Å². The molecule has 0 aliphatic carbocycles. The summed E-state index contributed by atoms with van der Waals surface area (Å²) in [4.78, 5) is 22.7. The lowest BCUT2D eigenvalue weighted by Crippen LogP contribution is -2.18. The Morgan fingerprint density at radius 2 is 1.85 bits per heavy atom.